The Hall–Kier alpha value is -1.01. The van der Waals surface area contributed by atoms with Crippen LogP contribution in [-0.4, -0.2) is 0 Å². The molecule has 19 heavy (non-hydrogen) atoms. The zero-order chi connectivity index (χ0) is 14.0. The van der Waals surface area contributed by atoms with Gasteiger partial charge < -0.3 is 0 Å². The van der Waals surface area contributed by atoms with E-state index in [9.17, 15) is 17.6 Å². The van der Waals surface area contributed by atoms with Gasteiger partial charge in [-0.15, -0.1) is 11.8 Å². The van der Waals surface area contributed by atoms with Gasteiger partial charge in [0.05, 0.1) is 9.37 Å². The van der Waals surface area contributed by atoms with Crippen molar-refractivity contribution in [2.45, 2.75) is 10.6 Å². The molecule has 0 amide bonds. The molecule has 0 N–H and O–H groups in total. The van der Waals surface area contributed by atoms with Gasteiger partial charge >= 0.3 is 0 Å². The second-order valence-electron chi connectivity index (χ2n) is 3.67. The Bertz CT molecular complexity index is 572. The summed E-state index contributed by atoms with van der Waals surface area (Å²) in [5.74, 6) is -5.39. The lowest BCUT2D eigenvalue weighted by molar-refractivity contribution is 0.419. The maximum Gasteiger partial charge on any atom is 0.177 e. The second-order valence-corrected chi connectivity index (χ2v) is 5.45. The first kappa shape index (κ1) is 14.4. The van der Waals surface area contributed by atoms with Gasteiger partial charge in [0.25, 0.3) is 0 Å². The van der Waals surface area contributed by atoms with E-state index in [2.05, 4.69) is 15.9 Å². The van der Waals surface area contributed by atoms with Crippen LogP contribution in [0.1, 0.15) is 5.56 Å². The van der Waals surface area contributed by atoms with Gasteiger partial charge in [-0.2, -0.15) is 0 Å². The molecule has 0 nitrogen and oxygen atoms in total. The molecule has 0 saturated heterocycles. The van der Waals surface area contributed by atoms with Gasteiger partial charge in [-0.1, -0.05) is 30.3 Å². The molecule has 2 rings (SSSR count). The SMILES string of the molecule is Fc1c(F)c(SCc2ccccc2)c(F)c(F)c1Br. The van der Waals surface area contributed by atoms with Gasteiger partial charge in [0.15, 0.2) is 23.3 Å². The summed E-state index contributed by atoms with van der Waals surface area (Å²) >= 11 is 3.18. The van der Waals surface area contributed by atoms with E-state index in [4.69, 9.17) is 0 Å². The molecule has 0 fully saturated rings. The maximum atomic E-state index is 13.6. The number of halogens is 5. The second kappa shape index (κ2) is 5.96. The van der Waals surface area contributed by atoms with Gasteiger partial charge in [0.1, 0.15) is 0 Å². The fraction of sp³-hybridized carbons (Fsp3) is 0.0769. The van der Waals surface area contributed by atoms with Gasteiger partial charge in [-0.25, -0.2) is 17.6 Å². The van der Waals surface area contributed by atoms with Gasteiger partial charge in [-0.05, 0) is 21.5 Å². The Labute approximate surface area is 120 Å². The lowest BCUT2D eigenvalue weighted by Crippen LogP contribution is -2.00. The van der Waals surface area contributed by atoms with E-state index in [1.54, 1.807) is 30.3 Å². The average molecular weight is 351 g/mol. The molecule has 0 heterocycles. The van der Waals surface area contributed by atoms with Crippen LogP contribution in [0.25, 0.3) is 0 Å². The van der Waals surface area contributed by atoms with E-state index in [1.807, 2.05) is 0 Å². The van der Waals surface area contributed by atoms with Crippen molar-refractivity contribution in [3.63, 3.8) is 0 Å². The Balaban J connectivity index is 2.31. The van der Waals surface area contributed by atoms with Gasteiger partial charge in [0.2, 0.25) is 0 Å². The molecule has 0 saturated carbocycles. The minimum absolute atomic E-state index is 0.217. The normalized spacial score (nSPS) is 10.8. The van der Waals surface area contributed by atoms with Crippen molar-refractivity contribution in [3.8, 4) is 0 Å². The monoisotopic (exact) mass is 350 g/mol. The molecule has 0 atom stereocenters. The van der Waals surface area contributed by atoms with Crippen molar-refractivity contribution in [1.29, 1.82) is 0 Å². The van der Waals surface area contributed by atoms with Gasteiger partial charge in [-0.3, -0.25) is 0 Å². The van der Waals surface area contributed by atoms with Crippen LogP contribution in [-0.2, 0) is 5.75 Å². The van der Waals surface area contributed by atoms with Crippen LogP contribution in [0.5, 0.6) is 0 Å². The minimum Gasteiger partial charge on any atom is -0.202 e. The topological polar surface area (TPSA) is 0 Å². The molecular formula is C13H7BrF4S. The Morgan fingerprint density at radius 2 is 1.37 bits per heavy atom. The molecule has 0 radical (unpaired) electrons. The first-order chi connectivity index (χ1) is 9.02. The highest BCUT2D eigenvalue weighted by Crippen LogP contribution is 2.35. The predicted molar refractivity (Wildman–Crippen MR) is 70.0 cm³/mol. The third kappa shape index (κ3) is 2.95. The van der Waals surface area contributed by atoms with E-state index in [-0.39, 0.29) is 5.75 Å². The van der Waals surface area contributed by atoms with Crippen LogP contribution in [0.4, 0.5) is 17.6 Å². The molecule has 6 heteroatoms. The number of hydrogen-bond donors (Lipinski definition) is 0. The van der Waals surface area contributed by atoms with Crippen LogP contribution in [0.3, 0.4) is 0 Å². The van der Waals surface area contributed by atoms with Crippen molar-refractivity contribution < 1.29 is 17.6 Å². The Kier molecular flexibility index (Phi) is 4.52. The van der Waals surface area contributed by atoms with Crippen molar-refractivity contribution in [1.82, 2.24) is 0 Å². The first-order valence-electron chi connectivity index (χ1n) is 5.20. The molecular weight excluding hydrogens is 344 g/mol. The van der Waals surface area contributed by atoms with Crippen LogP contribution >= 0.6 is 27.7 Å². The molecule has 0 spiro atoms. The standard InChI is InChI=1S/C13H7BrF4S/c14-8-9(15)11(17)13(12(18)10(8)16)19-6-7-4-2-1-3-5-7/h1-5H,6H2. The summed E-state index contributed by atoms with van der Waals surface area (Å²) in [7, 11) is 0. The Morgan fingerprint density at radius 3 is 1.89 bits per heavy atom. The van der Waals surface area contributed by atoms with Crippen LogP contribution in [0, 0.1) is 23.3 Å². The fourth-order valence-corrected chi connectivity index (χ4v) is 2.73. The third-order valence-corrected chi connectivity index (χ3v) is 4.22. The van der Waals surface area contributed by atoms with Crippen LogP contribution < -0.4 is 0 Å². The molecule has 0 aliphatic carbocycles. The van der Waals surface area contributed by atoms with Crippen LogP contribution in [0.2, 0.25) is 0 Å². The number of rotatable bonds is 3. The zero-order valence-electron chi connectivity index (χ0n) is 9.39. The summed E-state index contributed by atoms with van der Waals surface area (Å²) in [4.78, 5) is -0.651. The largest absolute Gasteiger partial charge is 0.202 e. The summed E-state index contributed by atoms with van der Waals surface area (Å²) in [6.45, 7) is 0. The maximum absolute atomic E-state index is 13.6. The zero-order valence-corrected chi connectivity index (χ0v) is 11.8. The summed E-state index contributed by atoms with van der Waals surface area (Å²) in [5, 5.41) is 0. The average Bonchev–Trinajstić information content (AvgIpc) is 2.44. The van der Waals surface area contributed by atoms with E-state index >= 15 is 0 Å². The van der Waals surface area contributed by atoms with E-state index in [1.165, 1.54) is 0 Å². The highest BCUT2D eigenvalue weighted by molar-refractivity contribution is 9.10. The molecule has 2 aromatic carbocycles. The molecule has 2 aromatic rings. The van der Waals surface area contributed by atoms with Crippen molar-refractivity contribution in [2.24, 2.45) is 0 Å². The van der Waals surface area contributed by atoms with Crippen molar-refractivity contribution in [2.75, 3.05) is 0 Å². The fourth-order valence-electron chi connectivity index (χ4n) is 1.44. The molecule has 0 bridgehead atoms. The lowest BCUT2D eigenvalue weighted by Gasteiger charge is -2.08. The van der Waals surface area contributed by atoms with Crippen LogP contribution in [0.15, 0.2) is 39.7 Å². The molecule has 0 aliphatic heterocycles. The summed E-state index contributed by atoms with van der Waals surface area (Å²) < 4.78 is 53.0. The van der Waals surface area contributed by atoms with Crippen molar-refractivity contribution >= 4 is 27.7 Å². The quantitative estimate of drug-likeness (QED) is 0.313. The highest BCUT2D eigenvalue weighted by Gasteiger charge is 2.24. The number of benzene rings is 2. The van der Waals surface area contributed by atoms with Crippen molar-refractivity contribution in [3.05, 3.63) is 63.6 Å². The molecule has 0 aromatic heterocycles. The smallest absolute Gasteiger partial charge is 0.177 e. The number of thioether (sulfide) groups is 1. The molecule has 0 aliphatic rings. The summed E-state index contributed by atoms with van der Waals surface area (Å²) in [6, 6.07) is 8.85. The van der Waals surface area contributed by atoms with E-state index in [0.29, 0.717) is 11.8 Å². The third-order valence-electron chi connectivity index (χ3n) is 2.40. The van der Waals surface area contributed by atoms with Gasteiger partial charge in [0, 0.05) is 5.75 Å². The molecule has 0 unspecified atom stereocenters. The minimum atomic E-state index is -1.42. The predicted octanol–water partition coefficient (Wildman–Crippen LogP) is 5.30. The summed E-state index contributed by atoms with van der Waals surface area (Å²) in [5.41, 5.74) is 0.801. The Morgan fingerprint density at radius 1 is 0.842 bits per heavy atom. The lowest BCUT2D eigenvalue weighted by atomic mass is 10.2. The highest BCUT2D eigenvalue weighted by atomic mass is 79.9. The van der Waals surface area contributed by atoms with E-state index in [0.717, 1.165) is 5.56 Å². The van der Waals surface area contributed by atoms with E-state index < -0.39 is 32.6 Å². The molecule has 100 valence electrons. The number of hydrogen-bond acceptors (Lipinski definition) is 1. The first-order valence-corrected chi connectivity index (χ1v) is 6.98. The summed E-state index contributed by atoms with van der Waals surface area (Å²) in [6.07, 6.45) is 0.